The van der Waals surface area contributed by atoms with E-state index in [0.29, 0.717) is 42.7 Å². The minimum absolute atomic E-state index is 0.221. The second kappa shape index (κ2) is 9.27. The van der Waals surface area contributed by atoms with Crippen molar-refractivity contribution in [1.82, 2.24) is 10.2 Å². The molecule has 1 N–H and O–H groups in total. The molecule has 1 aliphatic rings. The molecule has 0 radical (unpaired) electrons. The average molecular weight is 402 g/mol. The van der Waals surface area contributed by atoms with Crippen LogP contribution in [0, 0.1) is 0 Å². The smallest absolute Gasteiger partial charge is 0.317 e. The fourth-order valence-electron chi connectivity index (χ4n) is 3.09. The minimum Gasteiger partial charge on any atom is -0.493 e. The van der Waals surface area contributed by atoms with Gasteiger partial charge in [0.1, 0.15) is 6.61 Å². The monoisotopic (exact) mass is 402 g/mol. The maximum Gasteiger partial charge on any atom is 0.317 e. The molecule has 2 amide bonds. The summed E-state index contributed by atoms with van der Waals surface area (Å²) in [5.41, 5.74) is 0.826. The Labute approximate surface area is 170 Å². The van der Waals surface area contributed by atoms with Gasteiger partial charge < -0.3 is 33.9 Å². The van der Waals surface area contributed by atoms with Gasteiger partial charge in [-0.15, -0.1) is 0 Å². The number of nitrogens with one attached hydrogen (secondary N) is 1. The Morgan fingerprint density at radius 3 is 2.38 bits per heavy atom. The van der Waals surface area contributed by atoms with Crippen LogP contribution in [0.2, 0.25) is 0 Å². The van der Waals surface area contributed by atoms with E-state index < -0.39 is 0 Å². The maximum absolute atomic E-state index is 12.5. The van der Waals surface area contributed by atoms with Crippen LogP contribution in [-0.2, 0) is 6.54 Å². The van der Waals surface area contributed by atoms with Crippen LogP contribution in [0.25, 0.3) is 0 Å². The van der Waals surface area contributed by atoms with Gasteiger partial charge in [-0.3, -0.25) is 0 Å². The predicted octanol–water partition coefficient (Wildman–Crippen LogP) is 2.69. The van der Waals surface area contributed by atoms with E-state index in [1.54, 1.807) is 45.4 Å². The Kier molecular flexibility index (Phi) is 6.54. The molecule has 1 aliphatic heterocycles. The van der Waals surface area contributed by atoms with Gasteiger partial charge >= 0.3 is 6.03 Å². The number of fused-ring (bicyclic) bond motifs is 1. The van der Waals surface area contributed by atoms with Gasteiger partial charge in [0.05, 0.1) is 27.9 Å². The van der Waals surface area contributed by atoms with Crippen molar-refractivity contribution in [3.63, 3.8) is 0 Å². The topological polar surface area (TPSA) is 78.5 Å². The molecular weight excluding hydrogens is 376 g/mol. The van der Waals surface area contributed by atoms with E-state index in [9.17, 15) is 4.79 Å². The minimum atomic E-state index is -0.234. The van der Waals surface area contributed by atoms with Crippen molar-refractivity contribution in [1.29, 1.82) is 0 Å². The lowest BCUT2D eigenvalue weighted by molar-refractivity contribution is 0.0715. The highest BCUT2D eigenvalue weighted by Gasteiger charge is 2.23. The molecule has 156 valence electrons. The number of likely N-dealkylation sites (N-methyl/N-ethyl adjacent to an activating group) is 1. The molecule has 2 aromatic carbocycles. The van der Waals surface area contributed by atoms with E-state index in [-0.39, 0.29) is 12.1 Å². The summed E-state index contributed by atoms with van der Waals surface area (Å²) in [6.07, 6.45) is -0.234. The zero-order chi connectivity index (χ0) is 20.8. The highest BCUT2D eigenvalue weighted by molar-refractivity contribution is 5.74. The molecule has 0 unspecified atom stereocenters. The summed E-state index contributed by atoms with van der Waals surface area (Å²) < 4.78 is 27.6. The largest absolute Gasteiger partial charge is 0.493 e. The maximum atomic E-state index is 12.5. The average Bonchev–Trinajstić information content (AvgIpc) is 2.76. The van der Waals surface area contributed by atoms with Crippen LogP contribution in [0.15, 0.2) is 36.4 Å². The molecule has 0 fully saturated rings. The molecule has 29 heavy (non-hydrogen) atoms. The summed E-state index contributed by atoms with van der Waals surface area (Å²) in [6.45, 7) is 1.10. The third-order valence-electron chi connectivity index (χ3n) is 4.56. The van der Waals surface area contributed by atoms with Crippen molar-refractivity contribution in [3.8, 4) is 28.7 Å². The fourth-order valence-corrected chi connectivity index (χ4v) is 3.09. The summed E-state index contributed by atoms with van der Waals surface area (Å²) in [5.74, 6) is 3.00. The molecule has 0 aliphatic carbocycles. The van der Waals surface area contributed by atoms with E-state index in [4.69, 9.17) is 23.7 Å². The lowest BCUT2D eigenvalue weighted by atomic mass is 10.2. The van der Waals surface area contributed by atoms with Gasteiger partial charge in [-0.05, 0) is 29.8 Å². The van der Waals surface area contributed by atoms with Crippen molar-refractivity contribution in [2.24, 2.45) is 0 Å². The number of rotatable bonds is 7. The number of hydrogen-bond donors (Lipinski definition) is 1. The van der Waals surface area contributed by atoms with Crippen LogP contribution >= 0.6 is 0 Å². The van der Waals surface area contributed by atoms with Crippen molar-refractivity contribution < 1.29 is 28.5 Å². The van der Waals surface area contributed by atoms with Crippen LogP contribution in [-0.4, -0.2) is 58.6 Å². The SMILES string of the molecule is COc1cc(CNC(=O)N(C)C[C@H]2COc3ccccc3O2)cc(OC)c1OC. The molecule has 8 nitrogen and oxygen atoms in total. The van der Waals surface area contributed by atoms with Gasteiger partial charge in [-0.25, -0.2) is 4.79 Å². The molecule has 0 bridgehead atoms. The standard InChI is InChI=1S/C21H26N2O6/c1-23(12-15-13-28-16-7-5-6-8-17(16)29-15)21(24)22-11-14-9-18(25-2)20(27-4)19(10-14)26-3/h5-10,15H,11-13H2,1-4H3,(H,22,24)/t15-/m0/s1. The number of urea groups is 1. The first-order chi connectivity index (χ1) is 14.0. The van der Waals surface area contributed by atoms with Crippen molar-refractivity contribution in [3.05, 3.63) is 42.0 Å². The highest BCUT2D eigenvalue weighted by atomic mass is 16.6. The Bertz CT molecular complexity index is 832. The molecule has 0 aromatic heterocycles. The second-order valence-corrected chi connectivity index (χ2v) is 6.57. The van der Waals surface area contributed by atoms with Gasteiger partial charge in [0.15, 0.2) is 29.1 Å². The van der Waals surface area contributed by atoms with E-state index in [1.165, 1.54) is 0 Å². The summed E-state index contributed by atoms with van der Waals surface area (Å²) in [6, 6.07) is 10.9. The third-order valence-corrected chi connectivity index (χ3v) is 4.56. The normalized spacial score (nSPS) is 14.7. The first-order valence-electron chi connectivity index (χ1n) is 9.22. The lowest BCUT2D eigenvalue weighted by Gasteiger charge is -2.29. The lowest BCUT2D eigenvalue weighted by Crippen LogP contribution is -2.45. The van der Waals surface area contributed by atoms with Gasteiger partial charge in [-0.2, -0.15) is 0 Å². The number of hydrogen-bond acceptors (Lipinski definition) is 6. The fraction of sp³-hybridized carbons (Fsp3) is 0.381. The zero-order valence-corrected chi connectivity index (χ0v) is 17.1. The first kappa shape index (κ1) is 20.4. The Morgan fingerprint density at radius 2 is 1.76 bits per heavy atom. The number of benzene rings is 2. The molecule has 8 heteroatoms. The number of amides is 2. The number of carbonyl (C=O) groups is 1. The van der Waals surface area contributed by atoms with Gasteiger partial charge in [0.2, 0.25) is 5.75 Å². The predicted molar refractivity (Wildman–Crippen MR) is 107 cm³/mol. The van der Waals surface area contributed by atoms with Gasteiger partial charge in [0.25, 0.3) is 0 Å². The van der Waals surface area contributed by atoms with Crippen molar-refractivity contribution in [2.45, 2.75) is 12.6 Å². The quantitative estimate of drug-likeness (QED) is 0.767. The van der Waals surface area contributed by atoms with Gasteiger partial charge in [0, 0.05) is 13.6 Å². The Morgan fingerprint density at radius 1 is 1.10 bits per heavy atom. The van der Waals surface area contributed by atoms with E-state index in [2.05, 4.69) is 5.32 Å². The Balaban J connectivity index is 1.57. The van der Waals surface area contributed by atoms with Crippen LogP contribution in [0.4, 0.5) is 4.79 Å². The number of nitrogens with zero attached hydrogens (tertiary/aromatic N) is 1. The first-order valence-corrected chi connectivity index (χ1v) is 9.22. The van der Waals surface area contributed by atoms with Crippen LogP contribution in [0.3, 0.4) is 0 Å². The number of methoxy groups -OCH3 is 3. The third kappa shape index (κ3) is 4.77. The zero-order valence-electron chi connectivity index (χ0n) is 17.1. The van der Waals surface area contributed by atoms with Gasteiger partial charge in [-0.1, -0.05) is 12.1 Å². The highest BCUT2D eigenvalue weighted by Crippen LogP contribution is 2.38. The Hall–Kier alpha value is -3.29. The molecule has 0 spiro atoms. The van der Waals surface area contributed by atoms with Crippen LogP contribution in [0.1, 0.15) is 5.56 Å². The molecule has 2 aromatic rings. The van der Waals surface area contributed by atoms with E-state index >= 15 is 0 Å². The summed E-state index contributed by atoms with van der Waals surface area (Å²) >= 11 is 0. The molecule has 3 rings (SSSR count). The number of para-hydroxylation sites is 2. The summed E-state index contributed by atoms with van der Waals surface area (Å²) in [4.78, 5) is 14.1. The van der Waals surface area contributed by atoms with E-state index in [1.807, 2.05) is 24.3 Å². The van der Waals surface area contributed by atoms with E-state index in [0.717, 1.165) is 11.3 Å². The number of ether oxygens (including phenoxy) is 5. The molecule has 0 saturated carbocycles. The molecule has 1 atom stereocenters. The van der Waals surface area contributed by atoms with Crippen LogP contribution in [0.5, 0.6) is 28.7 Å². The molecule has 0 saturated heterocycles. The second-order valence-electron chi connectivity index (χ2n) is 6.57. The molecular formula is C21H26N2O6. The van der Waals surface area contributed by atoms with Crippen LogP contribution < -0.4 is 29.0 Å². The summed E-state index contributed by atoms with van der Waals surface area (Å²) in [5, 5.41) is 2.89. The van der Waals surface area contributed by atoms with Crippen molar-refractivity contribution in [2.75, 3.05) is 41.5 Å². The number of carbonyl (C=O) groups excluding carboxylic acids is 1. The molecule has 1 heterocycles. The summed E-state index contributed by atoms with van der Waals surface area (Å²) in [7, 11) is 6.37. The van der Waals surface area contributed by atoms with Crippen molar-refractivity contribution >= 4 is 6.03 Å².